The molecule has 1 aromatic carbocycles. The number of rotatable bonds is 5. The Hall–Kier alpha value is -1.06. The first-order valence-corrected chi connectivity index (χ1v) is 6.17. The summed E-state index contributed by atoms with van der Waals surface area (Å²) in [6.45, 7) is 3.84. The van der Waals surface area contributed by atoms with Crippen LogP contribution in [0.5, 0.6) is 0 Å². The fraction of sp³-hybridized carbons (Fsp3) is 0.462. The smallest absolute Gasteiger partial charge is 0.220 e. The summed E-state index contributed by atoms with van der Waals surface area (Å²) in [5.74, 6) is 0.0229. The van der Waals surface area contributed by atoms with Crippen LogP contribution in [-0.4, -0.2) is 11.9 Å². The number of carbonyl (C=O) groups excluding carboxylic acids is 1. The predicted molar refractivity (Wildman–Crippen MR) is 70.9 cm³/mol. The fourth-order valence-corrected chi connectivity index (χ4v) is 1.73. The Balaban J connectivity index is 2.48. The van der Waals surface area contributed by atoms with E-state index >= 15 is 0 Å². The van der Waals surface area contributed by atoms with Crippen molar-refractivity contribution >= 4 is 17.5 Å². The normalized spacial score (nSPS) is 14.1. The molecule has 94 valence electrons. The van der Waals surface area contributed by atoms with Gasteiger partial charge in [0.25, 0.3) is 0 Å². The molecule has 17 heavy (non-hydrogen) atoms. The summed E-state index contributed by atoms with van der Waals surface area (Å²) in [6, 6.07) is 7.52. The van der Waals surface area contributed by atoms with E-state index in [0.29, 0.717) is 17.9 Å². The average molecular weight is 255 g/mol. The maximum atomic E-state index is 11.6. The van der Waals surface area contributed by atoms with Crippen LogP contribution in [-0.2, 0) is 4.79 Å². The highest BCUT2D eigenvalue weighted by Crippen LogP contribution is 2.17. The number of benzene rings is 1. The van der Waals surface area contributed by atoms with Gasteiger partial charge in [-0.15, -0.1) is 0 Å². The summed E-state index contributed by atoms with van der Waals surface area (Å²) in [5, 5.41) is 3.61. The van der Waals surface area contributed by atoms with Crippen molar-refractivity contribution in [2.75, 3.05) is 0 Å². The van der Waals surface area contributed by atoms with Gasteiger partial charge in [-0.25, -0.2) is 0 Å². The van der Waals surface area contributed by atoms with Crippen LogP contribution in [0.3, 0.4) is 0 Å². The van der Waals surface area contributed by atoms with Gasteiger partial charge in [-0.3, -0.25) is 4.79 Å². The molecule has 0 aliphatic carbocycles. The van der Waals surface area contributed by atoms with E-state index in [1.807, 2.05) is 38.1 Å². The van der Waals surface area contributed by atoms with Gasteiger partial charge in [0.05, 0.1) is 6.04 Å². The molecule has 0 aliphatic heterocycles. The maximum absolute atomic E-state index is 11.6. The van der Waals surface area contributed by atoms with E-state index < -0.39 is 0 Å². The summed E-state index contributed by atoms with van der Waals surface area (Å²) in [5.41, 5.74) is 6.61. The van der Waals surface area contributed by atoms with E-state index in [0.717, 1.165) is 5.56 Å². The van der Waals surface area contributed by atoms with E-state index in [1.165, 1.54) is 0 Å². The number of halogens is 1. The highest BCUT2D eigenvalue weighted by molar-refractivity contribution is 6.30. The molecule has 0 radical (unpaired) electrons. The molecule has 0 spiro atoms. The van der Waals surface area contributed by atoms with Gasteiger partial charge >= 0.3 is 0 Å². The van der Waals surface area contributed by atoms with Gasteiger partial charge in [0, 0.05) is 17.5 Å². The summed E-state index contributed by atoms with van der Waals surface area (Å²) in [4.78, 5) is 11.6. The average Bonchev–Trinajstić information content (AvgIpc) is 2.26. The molecule has 1 rings (SSSR count). The molecule has 1 amide bonds. The first-order valence-electron chi connectivity index (χ1n) is 5.79. The largest absolute Gasteiger partial charge is 0.350 e. The Morgan fingerprint density at radius 3 is 2.76 bits per heavy atom. The minimum Gasteiger partial charge on any atom is -0.350 e. The van der Waals surface area contributed by atoms with Crippen LogP contribution in [0.4, 0.5) is 0 Å². The Morgan fingerprint density at radius 1 is 1.47 bits per heavy atom. The summed E-state index contributed by atoms with van der Waals surface area (Å²) < 4.78 is 0. The van der Waals surface area contributed by atoms with E-state index in [2.05, 4.69) is 5.32 Å². The predicted octanol–water partition coefficient (Wildman–Crippen LogP) is 2.64. The van der Waals surface area contributed by atoms with Crippen LogP contribution in [0, 0.1) is 0 Å². The lowest BCUT2D eigenvalue weighted by molar-refractivity contribution is -0.121. The first-order chi connectivity index (χ1) is 7.99. The van der Waals surface area contributed by atoms with Crippen molar-refractivity contribution in [2.45, 2.75) is 38.8 Å². The molecule has 1 unspecified atom stereocenters. The molecule has 0 bridgehead atoms. The highest BCUT2D eigenvalue weighted by atomic mass is 35.5. The van der Waals surface area contributed by atoms with Crippen molar-refractivity contribution in [3.63, 3.8) is 0 Å². The topological polar surface area (TPSA) is 55.1 Å². The lowest BCUT2D eigenvalue weighted by Crippen LogP contribution is -2.28. The number of nitrogens with two attached hydrogens (primary N) is 1. The van der Waals surface area contributed by atoms with Crippen molar-refractivity contribution < 1.29 is 4.79 Å². The molecule has 0 aromatic heterocycles. The van der Waals surface area contributed by atoms with Crippen LogP contribution in [0.2, 0.25) is 5.02 Å². The van der Waals surface area contributed by atoms with E-state index in [-0.39, 0.29) is 18.0 Å². The summed E-state index contributed by atoms with van der Waals surface area (Å²) >= 11 is 5.90. The van der Waals surface area contributed by atoms with Gasteiger partial charge in [-0.2, -0.15) is 0 Å². The molecule has 2 atom stereocenters. The van der Waals surface area contributed by atoms with Crippen molar-refractivity contribution in [3.05, 3.63) is 34.9 Å². The highest BCUT2D eigenvalue weighted by Gasteiger charge is 2.10. The second-order valence-electron chi connectivity index (χ2n) is 4.36. The maximum Gasteiger partial charge on any atom is 0.220 e. The van der Waals surface area contributed by atoms with Crippen LogP contribution < -0.4 is 11.1 Å². The van der Waals surface area contributed by atoms with Crippen molar-refractivity contribution in [1.29, 1.82) is 0 Å². The molecule has 0 saturated heterocycles. The lowest BCUT2D eigenvalue weighted by Gasteiger charge is -2.15. The zero-order valence-electron chi connectivity index (χ0n) is 10.2. The summed E-state index contributed by atoms with van der Waals surface area (Å²) in [6.07, 6.45) is 1.16. The van der Waals surface area contributed by atoms with Crippen LogP contribution in [0.25, 0.3) is 0 Å². The Kier molecular flexibility index (Phi) is 5.45. The molecular formula is C13H19ClN2O. The fourth-order valence-electron chi connectivity index (χ4n) is 1.53. The van der Waals surface area contributed by atoms with Gasteiger partial charge < -0.3 is 11.1 Å². The number of hydrogen-bond acceptors (Lipinski definition) is 2. The van der Waals surface area contributed by atoms with Crippen LogP contribution in [0.1, 0.15) is 38.3 Å². The van der Waals surface area contributed by atoms with Crippen LogP contribution >= 0.6 is 11.6 Å². The quantitative estimate of drug-likeness (QED) is 0.849. The van der Waals surface area contributed by atoms with Crippen molar-refractivity contribution in [2.24, 2.45) is 5.73 Å². The van der Waals surface area contributed by atoms with Gasteiger partial charge in [-0.05, 0) is 38.0 Å². The number of hydrogen-bond donors (Lipinski definition) is 2. The Labute approximate surface area is 107 Å². The third-order valence-electron chi connectivity index (χ3n) is 2.55. The first kappa shape index (κ1) is 14.0. The van der Waals surface area contributed by atoms with Crippen molar-refractivity contribution in [3.8, 4) is 0 Å². The molecule has 0 aliphatic rings. The molecule has 0 heterocycles. The van der Waals surface area contributed by atoms with Gasteiger partial charge in [0.15, 0.2) is 0 Å². The van der Waals surface area contributed by atoms with E-state index in [9.17, 15) is 4.79 Å². The minimum absolute atomic E-state index is 0.0229. The molecule has 0 saturated carbocycles. The number of carbonyl (C=O) groups is 1. The molecule has 3 nitrogen and oxygen atoms in total. The van der Waals surface area contributed by atoms with Crippen molar-refractivity contribution in [1.82, 2.24) is 5.32 Å². The minimum atomic E-state index is -0.0331. The molecule has 1 aromatic rings. The molecule has 0 fully saturated rings. The van der Waals surface area contributed by atoms with E-state index in [1.54, 1.807) is 0 Å². The van der Waals surface area contributed by atoms with Gasteiger partial charge in [0.1, 0.15) is 0 Å². The van der Waals surface area contributed by atoms with E-state index in [4.69, 9.17) is 17.3 Å². The van der Waals surface area contributed by atoms with Crippen LogP contribution in [0.15, 0.2) is 24.3 Å². The lowest BCUT2D eigenvalue weighted by atomic mass is 10.1. The molecular weight excluding hydrogens is 236 g/mol. The Bertz CT molecular complexity index is 379. The molecule has 3 N–H and O–H groups in total. The number of nitrogens with one attached hydrogen (secondary N) is 1. The zero-order valence-corrected chi connectivity index (χ0v) is 11.0. The standard InChI is InChI=1S/C13H19ClN2O/c1-9(15)6-7-13(17)16-10(2)11-4-3-5-12(14)8-11/h3-5,8-10H,6-7,15H2,1-2H3,(H,16,17)/t9?,10-/m0/s1. The monoisotopic (exact) mass is 254 g/mol. The summed E-state index contributed by atoms with van der Waals surface area (Å²) in [7, 11) is 0. The number of amides is 1. The molecule has 4 heteroatoms. The third-order valence-corrected chi connectivity index (χ3v) is 2.79. The SMILES string of the molecule is CC(N)CCC(=O)N[C@@H](C)c1cccc(Cl)c1. The Morgan fingerprint density at radius 2 is 2.18 bits per heavy atom. The second kappa shape index (κ2) is 6.62. The van der Waals surface area contributed by atoms with Gasteiger partial charge in [-0.1, -0.05) is 23.7 Å². The second-order valence-corrected chi connectivity index (χ2v) is 4.80. The zero-order chi connectivity index (χ0) is 12.8. The van der Waals surface area contributed by atoms with Gasteiger partial charge in [0.2, 0.25) is 5.91 Å². The third kappa shape index (κ3) is 5.20.